The lowest BCUT2D eigenvalue weighted by molar-refractivity contribution is -0.128. The van der Waals surface area contributed by atoms with Crippen LogP contribution in [0.4, 0.5) is 17.1 Å². The summed E-state index contributed by atoms with van der Waals surface area (Å²) in [6.45, 7) is -0.120. The molecule has 3 aromatic rings. The zero-order valence-electron chi connectivity index (χ0n) is 19.5. The first-order valence-corrected chi connectivity index (χ1v) is 11.5. The zero-order chi connectivity index (χ0) is 24.4. The number of amides is 2. The van der Waals surface area contributed by atoms with E-state index in [0.717, 1.165) is 15.7 Å². The third kappa shape index (κ3) is 4.46. The van der Waals surface area contributed by atoms with Crippen molar-refractivity contribution in [3.05, 3.63) is 76.8 Å². The first kappa shape index (κ1) is 23.6. The molecule has 4 rings (SSSR count). The number of anilines is 3. The molecule has 1 saturated heterocycles. The van der Waals surface area contributed by atoms with Gasteiger partial charge in [0.05, 0.1) is 19.9 Å². The molecular weight excluding hydrogens is 498 g/mol. The van der Waals surface area contributed by atoms with E-state index in [-0.39, 0.29) is 18.4 Å². The number of rotatable bonds is 6. The highest BCUT2D eigenvalue weighted by molar-refractivity contribution is 9.10. The van der Waals surface area contributed by atoms with Gasteiger partial charge in [-0.3, -0.25) is 19.4 Å². The van der Waals surface area contributed by atoms with E-state index in [1.807, 2.05) is 67.5 Å². The summed E-state index contributed by atoms with van der Waals surface area (Å²) in [6.07, 6.45) is 0. The van der Waals surface area contributed by atoms with Crippen LogP contribution in [-0.2, 0) is 9.59 Å². The highest BCUT2D eigenvalue weighted by atomic mass is 79.9. The number of methoxy groups -OCH3 is 2. The number of hydrogen-bond donors (Lipinski definition) is 0. The van der Waals surface area contributed by atoms with E-state index >= 15 is 0 Å². The lowest BCUT2D eigenvalue weighted by Crippen LogP contribution is -2.56. The summed E-state index contributed by atoms with van der Waals surface area (Å²) in [7, 11) is 7.00. The molecule has 176 valence electrons. The van der Waals surface area contributed by atoms with Crippen molar-refractivity contribution < 1.29 is 19.1 Å². The van der Waals surface area contributed by atoms with Gasteiger partial charge in [-0.25, -0.2) is 0 Å². The molecule has 0 spiro atoms. The number of piperazine rings is 1. The second-order valence-corrected chi connectivity index (χ2v) is 9.01. The molecule has 0 radical (unpaired) electrons. The summed E-state index contributed by atoms with van der Waals surface area (Å²) < 4.78 is 11.8. The van der Waals surface area contributed by atoms with Gasteiger partial charge in [0.1, 0.15) is 24.1 Å². The molecule has 0 N–H and O–H groups in total. The third-order valence-electron chi connectivity index (χ3n) is 5.83. The van der Waals surface area contributed by atoms with Gasteiger partial charge in [0.25, 0.3) is 5.91 Å². The van der Waals surface area contributed by atoms with Crippen molar-refractivity contribution in [2.45, 2.75) is 6.04 Å². The Kier molecular flexibility index (Phi) is 6.79. The van der Waals surface area contributed by atoms with E-state index in [2.05, 4.69) is 15.9 Å². The SMILES string of the molecule is COc1ccc(OC)c(N2CC(=O)N(c3ccc(Br)cc3)[C@H](c3ccc(N(C)C)cc3)C2=O)c1. The van der Waals surface area contributed by atoms with Gasteiger partial charge in [0.2, 0.25) is 5.91 Å². The summed E-state index contributed by atoms with van der Waals surface area (Å²) in [6, 6.07) is 19.4. The van der Waals surface area contributed by atoms with Gasteiger partial charge in [-0.05, 0) is 54.1 Å². The molecule has 7 nitrogen and oxygen atoms in total. The van der Waals surface area contributed by atoms with Gasteiger partial charge in [0, 0.05) is 36.0 Å². The van der Waals surface area contributed by atoms with Crippen LogP contribution in [0.2, 0.25) is 0 Å². The molecule has 1 heterocycles. The molecule has 1 fully saturated rings. The highest BCUT2D eigenvalue weighted by Crippen LogP contribution is 2.39. The van der Waals surface area contributed by atoms with Crippen molar-refractivity contribution >= 4 is 44.8 Å². The number of ether oxygens (including phenoxy) is 2. The monoisotopic (exact) mass is 523 g/mol. The van der Waals surface area contributed by atoms with Gasteiger partial charge in [0.15, 0.2) is 0 Å². The quantitative estimate of drug-likeness (QED) is 0.470. The molecule has 0 bridgehead atoms. The Morgan fingerprint density at radius 3 is 2.18 bits per heavy atom. The topological polar surface area (TPSA) is 62.3 Å². The number of carbonyl (C=O) groups is 2. The van der Waals surface area contributed by atoms with Crippen molar-refractivity contribution in [3.63, 3.8) is 0 Å². The Hall–Kier alpha value is -3.52. The Morgan fingerprint density at radius 2 is 1.59 bits per heavy atom. The van der Waals surface area contributed by atoms with E-state index in [0.29, 0.717) is 22.9 Å². The Labute approximate surface area is 207 Å². The van der Waals surface area contributed by atoms with Gasteiger partial charge in [-0.2, -0.15) is 0 Å². The van der Waals surface area contributed by atoms with Crippen molar-refractivity contribution in [3.8, 4) is 11.5 Å². The number of nitrogens with zero attached hydrogens (tertiary/aromatic N) is 3. The zero-order valence-corrected chi connectivity index (χ0v) is 21.1. The second kappa shape index (κ2) is 9.77. The minimum absolute atomic E-state index is 0.120. The molecule has 1 aliphatic rings. The average molecular weight is 524 g/mol. The van der Waals surface area contributed by atoms with Gasteiger partial charge >= 0.3 is 0 Å². The molecule has 0 saturated carbocycles. The minimum atomic E-state index is -0.838. The molecule has 2 amide bonds. The molecule has 8 heteroatoms. The fourth-order valence-corrected chi connectivity index (χ4v) is 4.31. The summed E-state index contributed by atoms with van der Waals surface area (Å²) in [4.78, 5) is 32.6. The van der Waals surface area contributed by atoms with Crippen LogP contribution in [0, 0.1) is 0 Å². The largest absolute Gasteiger partial charge is 0.497 e. The fourth-order valence-electron chi connectivity index (χ4n) is 4.04. The van der Waals surface area contributed by atoms with Crippen LogP contribution < -0.4 is 24.2 Å². The minimum Gasteiger partial charge on any atom is -0.497 e. The molecular formula is C26H26BrN3O4. The van der Waals surface area contributed by atoms with E-state index in [4.69, 9.17) is 9.47 Å². The fraction of sp³-hybridized carbons (Fsp3) is 0.231. The molecule has 1 aliphatic heterocycles. The molecule has 3 aromatic carbocycles. The molecule has 0 unspecified atom stereocenters. The Morgan fingerprint density at radius 1 is 0.912 bits per heavy atom. The second-order valence-electron chi connectivity index (χ2n) is 8.09. The summed E-state index contributed by atoms with van der Waals surface area (Å²) in [5, 5.41) is 0. The van der Waals surface area contributed by atoms with Crippen molar-refractivity contribution in [2.75, 3.05) is 49.6 Å². The smallest absolute Gasteiger partial charge is 0.255 e. The molecule has 0 aromatic heterocycles. The average Bonchev–Trinajstić information content (AvgIpc) is 2.85. The standard InChI is InChI=1S/C26H26BrN3O4/c1-28(2)19-9-5-17(6-10-19)25-26(32)29(22-15-21(33-3)13-14-23(22)34-4)16-24(31)30(25)20-11-7-18(27)8-12-20/h5-15,25H,16H2,1-4H3/t25-/m1/s1. The predicted molar refractivity (Wildman–Crippen MR) is 137 cm³/mol. The van der Waals surface area contributed by atoms with Crippen LogP contribution in [-0.4, -0.2) is 46.7 Å². The predicted octanol–water partition coefficient (Wildman–Crippen LogP) is 4.65. The summed E-state index contributed by atoms with van der Waals surface area (Å²) in [5.74, 6) is 0.624. The highest BCUT2D eigenvalue weighted by Gasteiger charge is 2.42. The summed E-state index contributed by atoms with van der Waals surface area (Å²) in [5.41, 5.74) is 2.87. The van der Waals surface area contributed by atoms with Crippen LogP contribution in [0.25, 0.3) is 0 Å². The van der Waals surface area contributed by atoms with Crippen molar-refractivity contribution in [1.82, 2.24) is 0 Å². The molecule has 0 aliphatic carbocycles. The van der Waals surface area contributed by atoms with Gasteiger partial charge < -0.3 is 14.4 Å². The van der Waals surface area contributed by atoms with E-state index in [1.54, 1.807) is 30.2 Å². The van der Waals surface area contributed by atoms with Crippen molar-refractivity contribution in [1.29, 1.82) is 0 Å². The van der Waals surface area contributed by atoms with Crippen LogP contribution in [0.15, 0.2) is 71.2 Å². The molecule has 34 heavy (non-hydrogen) atoms. The van der Waals surface area contributed by atoms with Crippen LogP contribution in [0.1, 0.15) is 11.6 Å². The van der Waals surface area contributed by atoms with Gasteiger partial charge in [-0.1, -0.05) is 28.1 Å². The first-order chi connectivity index (χ1) is 16.3. The number of hydrogen-bond acceptors (Lipinski definition) is 5. The van der Waals surface area contributed by atoms with Crippen LogP contribution >= 0.6 is 15.9 Å². The lowest BCUT2D eigenvalue weighted by Gasteiger charge is -2.41. The summed E-state index contributed by atoms with van der Waals surface area (Å²) >= 11 is 3.44. The maximum atomic E-state index is 14.0. The van der Waals surface area contributed by atoms with Crippen LogP contribution in [0.3, 0.4) is 0 Å². The lowest BCUT2D eigenvalue weighted by atomic mass is 9.98. The number of benzene rings is 3. The van der Waals surface area contributed by atoms with Crippen LogP contribution in [0.5, 0.6) is 11.5 Å². The van der Waals surface area contributed by atoms with Gasteiger partial charge in [-0.15, -0.1) is 0 Å². The van der Waals surface area contributed by atoms with E-state index in [1.165, 1.54) is 12.0 Å². The first-order valence-electron chi connectivity index (χ1n) is 10.7. The Bertz CT molecular complexity index is 1200. The maximum absolute atomic E-state index is 14.0. The van der Waals surface area contributed by atoms with Crippen molar-refractivity contribution in [2.24, 2.45) is 0 Å². The van der Waals surface area contributed by atoms with E-state index < -0.39 is 6.04 Å². The Balaban J connectivity index is 1.83. The van der Waals surface area contributed by atoms with E-state index in [9.17, 15) is 9.59 Å². The number of carbonyl (C=O) groups excluding carboxylic acids is 2. The maximum Gasteiger partial charge on any atom is 0.255 e. The third-order valence-corrected chi connectivity index (χ3v) is 6.36. The molecule has 1 atom stereocenters. The normalized spacial score (nSPS) is 16.0. The number of halogens is 1.